The Labute approximate surface area is 104 Å². The van der Waals surface area contributed by atoms with Crippen molar-refractivity contribution in [2.75, 3.05) is 11.9 Å². The molecule has 86 valence electrons. The van der Waals surface area contributed by atoms with Crippen LogP contribution in [0.5, 0.6) is 0 Å². The first kappa shape index (κ1) is 13.9. The second kappa shape index (κ2) is 9.42. The summed E-state index contributed by atoms with van der Waals surface area (Å²) in [4.78, 5) is 0. The molecule has 0 spiro atoms. The zero-order chi connectivity index (χ0) is 10.1. The summed E-state index contributed by atoms with van der Waals surface area (Å²) >= 11 is 0. The van der Waals surface area contributed by atoms with E-state index in [1.807, 2.05) is 60.7 Å². The van der Waals surface area contributed by atoms with Gasteiger partial charge in [0.05, 0.1) is 0 Å². The van der Waals surface area contributed by atoms with Gasteiger partial charge in [-0.15, -0.1) is 6.58 Å². The Morgan fingerprint density at radius 3 is 1.93 bits per heavy atom. The molecule has 0 aliphatic carbocycles. The Balaban J connectivity index is 0.000000280. The maximum atomic E-state index is 3.60. The van der Waals surface area contributed by atoms with E-state index in [0.29, 0.717) is 0 Å². The predicted octanol–water partition coefficient (Wildman–Crippen LogP) is 3.41. The van der Waals surface area contributed by atoms with Crippen molar-refractivity contribution in [3.05, 3.63) is 67.3 Å². The predicted molar refractivity (Wildman–Crippen MR) is 62.8 cm³/mol. The summed E-state index contributed by atoms with van der Waals surface area (Å²) < 4.78 is 0. The molecule has 15 heavy (non-hydrogen) atoms. The number of rotatable bonds is 3. The molecule has 0 aliphatic rings. The summed E-state index contributed by atoms with van der Waals surface area (Å²) in [5.74, 6) is 0. The molecule has 0 bridgehead atoms. The average molecular weight is 286 g/mol. The third-order valence-electron chi connectivity index (χ3n) is 1.67. The van der Waals surface area contributed by atoms with Crippen LogP contribution in [0.4, 0.5) is 5.69 Å². The van der Waals surface area contributed by atoms with E-state index >= 15 is 0 Å². The fourth-order valence-corrected chi connectivity index (χ4v) is 1.00. The molecule has 0 atom stereocenters. The van der Waals surface area contributed by atoms with Gasteiger partial charge in [0.25, 0.3) is 0 Å². The zero-order valence-electron chi connectivity index (χ0n) is 8.54. The molecule has 0 unspecified atom stereocenters. The molecule has 1 N–H and O–H groups in total. The Hall–Kier alpha value is -1.14. The number of nitrogens with one attached hydrogen (secondary N) is 1. The summed E-state index contributed by atoms with van der Waals surface area (Å²) in [6, 6.07) is 18.1. The molecule has 0 aromatic heterocycles. The van der Waals surface area contributed by atoms with Crippen molar-refractivity contribution in [2.45, 2.75) is 0 Å². The second-order valence-corrected chi connectivity index (χ2v) is 2.81. The van der Waals surface area contributed by atoms with Gasteiger partial charge in [-0.2, -0.15) is 12.1 Å². The van der Waals surface area contributed by atoms with Crippen LogP contribution in [0.1, 0.15) is 0 Å². The normalized spacial score (nSPS) is 8.00. The van der Waals surface area contributed by atoms with Crippen molar-refractivity contribution in [1.82, 2.24) is 0 Å². The number of hydrogen-bond donors (Lipinski definition) is 1. The smallest absolute Gasteiger partial charge is 0.0217 e. The fraction of sp³-hybridized carbons (Fsp3) is 0.0769. The van der Waals surface area contributed by atoms with Gasteiger partial charge >= 0.3 is 0 Å². The molecule has 0 radical (unpaired) electrons. The molecular formula is C13H15NRu-6. The summed E-state index contributed by atoms with van der Waals surface area (Å²) in [5, 5.41) is 3.16. The SMILES string of the molecule is C=CCN[c-]1cccc1.[Ru].[cH-]1[cH-][cH-][cH-][cH-]1. The Morgan fingerprint density at radius 2 is 1.53 bits per heavy atom. The minimum atomic E-state index is 0. The van der Waals surface area contributed by atoms with Gasteiger partial charge in [0.1, 0.15) is 0 Å². The molecule has 0 saturated heterocycles. The third-order valence-corrected chi connectivity index (χ3v) is 1.67. The van der Waals surface area contributed by atoms with E-state index < -0.39 is 0 Å². The van der Waals surface area contributed by atoms with Crippen molar-refractivity contribution < 1.29 is 19.5 Å². The zero-order valence-corrected chi connectivity index (χ0v) is 10.3. The van der Waals surface area contributed by atoms with E-state index in [9.17, 15) is 0 Å². The van der Waals surface area contributed by atoms with Crippen molar-refractivity contribution in [3.8, 4) is 0 Å². The molecule has 0 heterocycles. The second-order valence-electron chi connectivity index (χ2n) is 2.81. The van der Waals surface area contributed by atoms with Gasteiger partial charge in [-0.05, 0) is 0 Å². The van der Waals surface area contributed by atoms with E-state index in [1.54, 1.807) is 0 Å². The number of hydrogen-bond acceptors (Lipinski definition) is 1. The molecular weight excluding hydrogens is 271 g/mol. The Kier molecular flexibility index (Phi) is 8.71. The van der Waals surface area contributed by atoms with Gasteiger partial charge in [0.2, 0.25) is 0 Å². The van der Waals surface area contributed by atoms with Crippen LogP contribution in [0.15, 0.2) is 67.3 Å². The van der Waals surface area contributed by atoms with Crippen molar-refractivity contribution in [3.63, 3.8) is 0 Å². The van der Waals surface area contributed by atoms with Gasteiger partial charge in [-0.3, -0.25) is 0 Å². The summed E-state index contributed by atoms with van der Waals surface area (Å²) in [6.07, 6.45) is 1.84. The quantitative estimate of drug-likeness (QED) is 0.518. The van der Waals surface area contributed by atoms with Crippen LogP contribution in [0.3, 0.4) is 0 Å². The van der Waals surface area contributed by atoms with Crippen molar-refractivity contribution in [1.29, 1.82) is 0 Å². The molecule has 2 heteroatoms. The van der Waals surface area contributed by atoms with Crippen LogP contribution in [-0.4, -0.2) is 6.54 Å². The molecule has 2 rings (SSSR count). The van der Waals surface area contributed by atoms with E-state index in [4.69, 9.17) is 0 Å². The molecule has 2 aromatic rings. The van der Waals surface area contributed by atoms with E-state index in [1.165, 1.54) is 0 Å². The first-order valence-corrected chi connectivity index (χ1v) is 4.66. The van der Waals surface area contributed by atoms with Gasteiger partial charge in [0.15, 0.2) is 0 Å². The van der Waals surface area contributed by atoms with Crippen LogP contribution in [0, 0.1) is 0 Å². The van der Waals surface area contributed by atoms with E-state index in [0.717, 1.165) is 12.2 Å². The van der Waals surface area contributed by atoms with Gasteiger partial charge in [-0.25, -0.2) is 12.1 Å². The standard InChI is InChI=1S/C8H10N.C5H5.Ru/c1-2-7-9-8-5-3-4-6-8;1-2-4-5-3-1;/h2-6,9H,1,7H2;1-5H;/q-1;-5;. The van der Waals surface area contributed by atoms with Crippen LogP contribution in [0.25, 0.3) is 0 Å². The fourth-order valence-electron chi connectivity index (χ4n) is 1.00. The summed E-state index contributed by atoms with van der Waals surface area (Å²) in [6.45, 7) is 4.43. The molecule has 2 aromatic carbocycles. The van der Waals surface area contributed by atoms with Gasteiger partial charge in [-0.1, -0.05) is 11.8 Å². The third kappa shape index (κ3) is 6.87. The molecule has 1 nitrogen and oxygen atoms in total. The van der Waals surface area contributed by atoms with Crippen molar-refractivity contribution in [2.24, 2.45) is 0 Å². The monoisotopic (exact) mass is 287 g/mol. The molecule has 0 saturated carbocycles. The number of anilines is 1. The van der Waals surface area contributed by atoms with Crippen LogP contribution < -0.4 is 5.32 Å². The van der Waals surface area contributed by atoms with E-state index in [2.05, 4.69) is 11.9 Å². The first-order valence-electron chi connectivity index (χ1n) is 4.66. The van der Waals surface area contributed by atoms with Crippen LogP contribution >= 0.6 is 0 Å². The molecule has 0 aliphatic heterocycles. The summed E-state index contributed by atoms with van der Waals surface area (Å²) in [7, 11) is 0. The molecule has 0 fully saturated rings. The summed E-state index contributed by atoms with van der Waals surface area (Å²) in [5.41, 5.74) is 1.16. The van der Waals surface area contributed by atoms with Crippen LogP contribution in [0.2, 0.25) is 0 Å². The molecule has 0 amide bonds. The van der Waals surface area contributed by atoms with Gasteiger partial charge in [0, 0.05) is 26.0 Å². The first-order chi connectivity index (χ1) is 6.93. The maximum Gasteiger partial charge on any atom is 0.0217 e. The largest absolute Gasteiger partial charge is 0.748 e. The minimum absolute atomic E-state index is 0. The average Bonchev–Trinajstić information content (AvgIpc) is 2.90. The Morgan fingerprint density at radius 1 is 1.07 bits per heavy atom. The van der Waals surface area contributed by atoms with Gasteiger partial charge < -0.3 is 35.6 Å². The topological polar surface area (TPSA) is 12.0 Å². The van der Waals surface area contributed by atoms with E-state index in [-0.39, 0.29) is 19.5 Å². The van der Waals surface area contributed by atoms with Crippen molar-refractivity contribution >= 4 is 5.69 Å². The van der Waals surface area contributed by atoms with Crippen LogP contribution in [-0.2, 0) is 19.5 Å². The Bertz CT molecular complexity index is 291. The minimum Gasteiger partial charge on any atom is -0.748 e. The maximum absolute atomic E-state index is 3.60.